The van der Waals surface area contributed by atoms with Crippen molar-refractivity contribution in [2.24, 2.45) is 0 Å². The molecule has 0 aliphatic carbocycles. The van der Waals surface area contributed by atoms with Gasteiger partial charge in [0.1, 0.15) is 5.69 Å². The van der Waals surface area contributed by atoms with Gasteiger partial charge in [-0.2, -0.15) is 0 Å². The first-order valence-corrected chi connectivity index (χ1v) is 6.31. The van der Waals surface area contributed by atoms with Gasteiger partial charge < -0.3 is 9.64 Å². The molecule has 0 atom stereocenters. The Kier molecular flexibility index (Phi) is 3.49. The normalized spacial score (nSPS) is 19.1. The van der Waals surface area contributed by atoms with Crippen molar-refractivity contribution in [1.82, 2.24) is 9.88 Å². The van der Waals surface area contributed by atoms with Crippen molar-refractivity contribution >= 4 is 21.8 Å². The molecule has 0 bridgehead atoms. The number of aromatic nitrogens is 1. The Morgan fingerprint density at radius 1 is 1.53 bits per heavy atom. The number of nitrogens with zero attached hydrogens (tertiary/aromatic N) is 2. The lowest BCUT2D eigenvalue weighted by Gasteiger charge is -2.41. The van der Waals surface area contributed by atoms with Crippen LogP contribution in [0.5, 0.6) is 0 Å². The molecule has 1 saturated heterocycles. The second kappa shape index (κ2) is 4.74. The molecule has 0 radical (unpaired) electrons. The number of morpholine rings is 1. The molecule has 0 aromatic carbocycles. The summed E-state index contributed by atoms with van der Waals surface area (Å²) >= 11 is 3.31. The lowest BCUT2D eigenvalue weighted by Crippen LogP contribution is -2.55. The van der Waals surface area contributed by atoms with Crippen molar-refractivity contribution in [1.29, 1.82) is 0 Å². The summed E-state index contributed by atoms with van der Waals surface area (Å²) in [6.45, 7) is 5.77. The maximum atomic E-state index is 12.3. The SMILES string of the molecule is CC1(C)COCCN1C(=O)c1ccc(Br)cn1. The molecule has 0 N–H and O–H groups in total. The minimum atomic E-state index is -0.274. The lowest BCUT2D eigenvalue weighted by molar-refractivity contribution is -0.0373. The quantitative estimate of drug-likeness (QED) is 0.797. The third-order valence-corrected chi connectivity index (χ3v) is 3.31. The fourth-order valence-corrected chi connectivity index (χ4v) is 2.11. The molecular weight excluding hydrogens is 284 g/mol. The predicted molar refractivity (Wildman–Crippen MR) is 67.9 cm³/mol. The third kappa shape index (κ3) is 2.66. The van der Waals surface area contributed by atoms with Gasteiger partial charge in [-0.3, -0.25) is 4.79 Å². The zero-order valence-electron chi connectivity index (χ0n) is 9.94. The van der Waals surface area contributed by atoms with Crippen molar-refractivity contribution in [3.05, 3.63) is 28.5 Å². The number of hydrogen-bond acceptors (Lipinski definition) is 3. The van der Waals surface area contributed by atoms with Crippen LogP contribution < -0.4 is 0 Å². The molecule has 2 rings (SSSR count). The fourth-order valence-electron chi connectivity index (χ4n) is 1.88. The van der Waals surface area contributed by atoms with Crippen LogP contribution in [-0.2, 0) is 4.74 Å². The van der Waals surface area contributed by atoms with Crippen molar-refractivity contribution in [3.8, 4) is 0 Å². The maximum Gasteiger partial charge on any atom is 0.273 e. The van der Waals surface area contributed by atoms with Crippen LogP contribution in [0.15, 0.2) is 22.8 Å². The molecule has 0 saturated carbocycles. The van der Waals surface area contributed by atoms with Gasteiger partial charge in [0.25, 0.3) is 5.91 Å². The van der Waals surface area contributed by atoms with E-state index >= 15 is 0 Å². The van der Waals surface area contributed by atoms with E-state index in [9.17, 15) is 4.79 Å². The van der Waals surface area contributed by atoms with Gasteiger partial charge in [0.05, 0.1) is 18.8 Å². The van der Waals surface area contributed by atoms with Crippen LogP contribution in [0.4, 0.5) is 0 Å². The van der Waals surface area contributed by atoms with Gasteiger partial charge in [-0.15, -0.1) is 0 Å². The Morgan fingerprint density at radius 2 is 2.29 bits per heavy atom. The maximum absolute atomic E-state index is 12.3. The van der Waals surface area contributed by atoms with Crippen LogP contribution in [0, 0.1) is 0 Å². The van der Waals surface area contributed by atoms with Gasteiger partial charge in [0.15, 0.2) is 0 Å². The largest absolute Gasteiger partial charge is 0.377 e. The highest BCUT2D eigenvalue weighted by molar-refractivity contribution is 9.10. The molecule has 1 aliphatic heterocycles. The summed E-state index contributed by atoms with van der Waals surface area (Å²) in [5.41, 5.74) is 0.201. The van der Waals surface area contributed by atoms with E-state index in [1.165, 1.54) is 0 Å². The summed E-state index contributed by atoms with van der Waals surface area (Å²) in [4.78, 5) is 18.3. The summed E-state index contributed by atoms with van der Waals surface area (Å²) in [5.74, 6) is -0.0363. The van der Waals surface area contributed by atoms with E-state index in [2.05, 4.69) is 20.9 Å². The number of hydrogen-bond donors (Lipinski definition) is 0. The molecule has 0 spiro atoms. The lowest BCUT2D eigenvalue weighted by atomic mass is 10.0. The molecule has 5 heteroatoms. The zero-order chi connectivity index (χ0) is 12.5. The van der Waals surface area contributed by atoms with E-state index < -0.39 is 0 Å². The second-order valence-corrected chi connectivity index (χ2v) is 5.60. The first-order chi connectivity index (χ1) is 8.00. The van der Waals surface area contributed by atoms with Gasteiger partial charge >= 0.3 is 0 Å². The molecule has 4 nitrogen and oxygen atoms in total. The van der Waals surface area contributed by atoms with Crippen LogP contribution >= 0.6 is 15.9 Å². The summed E-state index contributed by atoms with van der Waals surface area (Å²) < 4.78 is 6.27. The monoisotopic (exact) mass is 298 g/mol. The Hall–Kier alpha value is -0.940. The van der Waals surface area contributed by atoms with Crippen LogP contribution in [0.3, 0.4) is 0 Å². The molecule has 1 aromatic rings. The number of ether oxygens (including phenoxy) is 1. The predicted octanol–water partition coefficient (Wildman–Crippen LogP) is 2.10. The van der Waals surface area contributed by atoms with Crippen LogP contribution in [0.2, 0.25) is 0 Å². The van der Waals surface area contributed by atoms with Gasteiger partial charge in [0.2, 0.25) is 0 Å². The minimum Gasteiger partial charge on any atom is -0.377 e. The number of rotatable bonds is 1. The van der Waals surface area contributed by atoms with Gasteiger partial charge in [-0.25, -0.2) is 4.98 Å². The van der Waals surface area contributed by atoms with E-state index in [0.29, 0.717) is 25.5 Å². The Bertz CT molecular complexity index is 417. The molecule has 1 aliphatic rings. The van der Waals surface area contributed by atoms with E-state index in [-0.39, 0.29) is 11.4 Å². The fraction of sp³-hybridized carbons (Fsp3) is 0.500. The van der Waals surface area contributed by atoms with E-state index in [1.54, 1.807) is 12.3 Å². The van der Waals surface area contributed by atoms with Crippen molar-refractivity contribution in [3.63, 3.8) is 0 Å². The Balaban J connectivity index is 2.21. The second-order valence-electron chi connectivity index (χ2n) is 4.68. The molecule has 92 valence electrons. The van der Waals surface area contributed by atoms with Crippen LogP contribution in [0.1, 0.15) is 24.3 Å². The molecule has 0 unspecified atom stereocenters. The number of halogens is 1. The summed E-state index contributed by atoms with van der Waals surface area (Å²) in [6, 6.07) is 3.56. The van der Waals surface area contributed by atoms with Crippen LogP contribution in [-0.4, -0.2) is 41.1 Å². The van der Waals surface area contributed by atoms with Crippen molar-refractivity contribution < 1.29 is 9.53 Å². The highest BCUT2D eigenvalue weighted by atomic mass is 79.9. The number of pyridine rings is 1. The number of carbonyl (C=O) groups is 1. The third-order valence-electron chi connectivity index (χ3n) is 2.84. The molecule has 17 heavy (non-hydrogen) atoms. The van der Waals surface area contributed by atoms with Gasteiger partial charge in [0, 0.05) is 17.2 Å². The summed E-state index contributed by atoms with van der Waals surface area (Å²) in [7, 11) is 0. The van der Waals surface area contributed by atoms with E-state index in [0.717, 1.165) is 4.47 Å². The number of amides is 1. The first-order valence-electron chi connectivity index (χ1n) is 5.52. The van der Waals surface area contributed by atoms with Crippen LogP contribution in [0.25, 0.3) is 0 Å². The molecule has 2 heterocycles. The molecule has 1 fully saturated rings. The smallest absolute Gasteiger partial charge is 0.273 e. The van der Waals surface area contributed by atoms with Gasteiger partial charge in [-0.05, 0) is 41.9 Å². The zero-order valence-corrected chi connectivity index (χ0v) is 11.5. The first kappa shape index (κ1) is 12.5. The van der Waals surface area contributed by atoms with Gasteiger partial charge in [-0.1, -0.05) is 0 Å². The highest BCUT2D eigenvalue weighted by Crippen LogP contribution is 2.21. The molecule has 1 amide bonds. The Labute approximate surface area is 109 Å². The van der Waals surface area contributed by atoms with Crippen molar-refractivity contribution in [2.75, 3.05) is 19.8 Å². The average molecular weight is 299 g/mol. The summed E-state index contributed by atoms with van der Waals surface area (Å²) in [5, 5.41) is 0. The topological polar surface area (TPSA) is 42.4 Å². The highest BCUT2D eigenvalue weighted by Gasteiger charge is 2.34. The molecular formula is C12H15BrN2O2. The Morgan fingerprint density at radius 3 is 2.88 bits per heavy atom. The van der Waals surface area contributed by atoms with Crippen molar-refractivity contribution in [2.45, 2.75) is 19.4 Å². The average Bonchev–Trinajstić information content (AvgIpc) is 2.28. The summed E-state index contributed by atoms with van der Waals surface area (Å²) in [6.07, 6.45) is 1.64. The van der Waals surface area contributed by atoms with E-state index in [1.807, 2.05) is 24.8 Å². The minimum absolute atomic E-state index is 0.0363. The standard InChI is InChI=1S/C12H15BrN2O2/c1-12(2)8-17-6-5-15(12)11(16)10-4-3-9(13)7-14-10/h3-4,7H,5-6,8H2,1-2H3. The molecule has 1 aromatic heterocycles. The number of carbonyl (C=O) groups excluding carboxylic acids is 1. The van der Waals surface area contributed by atoms with E-state index in [4.69, 9.17) is 4.74 Å².